The number of hydrogen-bond donors (Lipinski definition) is 2. The molecule has 1 saturated heterocycles. The summed E-state index contributed by atoms with van der Waals surface area (Å²) in [5.41, 5.74) is 0. The van der Waals surface area contributed by atoms with E-state index >= 15 is 0 Å². The van der Waals surface area contributed by atoms with Crippen molar-refractivity contribution >= 4 is 11.8 Å². The van der Waals surface area contributed by atoms with Crippen molar-refractivity contribution in [2.45, 2.75) is 12.8 Å². The molecular weight excluding hydrogens is 132 g/mol. The highest BCUT2D eigenvalue weighted by molar-refractivity contribution is 5.84. The molecule has 56 valence electrons. The van der Waals surface area contributed by atoms with Gasteiger partial charge < -0.3 is 10.6 Å². The van der Waals surface area contributed by atoms with Crippen LogP contribution in [0.2, 0.25) is 0 Å². The van der Waals surface area contributed by atoms with E-state index in [2.05, 4.69) is 10.6 Å². The zero-order valence-electron chi connectivity index (χ0n) is 5.64. The van der Waals surface area contributed by atoms with Gasteiger partial charge in [-0.1, -0.05) is 0 Å². The molecule has 0 atom stereocenters. The zero-order valence-corrected chi connectivity index (χ0v) is 5.64. The van der Waals surface area contributed by atoms with Crippen LogP contribution in [-0.2, 0) is 9.59 Å². The van der Waals surface area contributed by atoms with Gasteiger partial charge in [-0.15, -0.1) is 0 Å². The minimum Gasteiger partial charge on any atom is -0.354 e. The van der Waals surface area contributed by atoms with E-state index in [1.54, 1.807) is 0 Å². The molecule has 2 N–H and O–H groups in total. The van der Waals surface area contributed by atoms with Gasteiger partial charge in [0.05, 0.1) is 0 Å². The molecule has 10 heavy (non-hydrogen) atoms. The monoisotopic (exact) mass is 142 g/mol. The highest BCUT2D eigenvalue weighted by Gasteiger charge is 2.08. The first-order valence-electron chi connectivity index (χ1n) is 3.32. The van der Waals surface area contributed by atoms with Crippen molar-refractivity contribution in [3.63, 3.8) is 0 Å². The maximum atomic E-state index is 10.7. The molecule has 0 spiro atoms. The van der Waals surface area contributed by atoms with Crippen LogP contribution in [0.4, 0.5) is 0 Å². The highest BCUT2D eigenvalue weighted by Crippen LogP contribution is 1.90. The molecule has 1 aliphatic rings. The molecule has 0 aromatic carbocycles. The molecule has 0 saturated carbocycles. The van der Waals surface area contributed by atoms with E-state index in [0.717, 1.165) is 0 Å². The van der Waals surface area contributed by atoms with Gasteiger partial charge in [-0.3, -0.25) is 9.59 Å². The average molecular weight is 142 g/mol. The van der Waals surface area contributed by atoms with Crippen LogP contribution in [0.5, 0.6) is 0 Å². The first-order valence-corrected chi connectivity index (χ1v) is 3.32. The molecule has 0 radical (unpaired) electrons. The maximum absolute atomic E-state index is 10.7. The minimum atomic E-state index is -0.0325. The Balaban J connectivity index is 2.36. The molecular formula is C6H10N2O2. The van der Waals surface area contributed by atoms with E-state index in [0.29, 0.717) is 25.9 Å². The van der Waals surface area contributed by atoms with Crippen LogP contribution in [-0.4, -0.2) is 24.9 Å². The van der Waals surface area contributed by atoms with Crippen LogP contribution in [0.25, 0.3) is 0 Å². The van der Waals surface area contributed by atoms with Crippen LogP contribution < -0.4 is 10.6 Å². The maximum Gasteiger partial charge on any atom is 0.220 e. The summed E-state index contributed by atoms with van der Waals surface area (Å²) < 4.78 is 0. The van der Waals surface area contributed by atoms with Crippen LogP contribution >= 0.6 is 0 Å². The first-order chi connectivity index (χ1) is 4.79. The number of carbonyl (C=O) groups excluding carboxylic acids is 2. The van der Waals surface area contributed by atoms with E-state index < -0.39 is 0 Å². The summed E-state index contributed by atoms with van der Waals surface area (Å²) in [6, 6.07) is 0. The second kappa shape index (κ2) is 3.20. The van der Waals surface area contributed by atoms with Crippen LogP contribution in [0.3, 0.4) is 0 Å². The van der Waals surface area contributed by atoms with Gasteiger partial charge in [0.25, 0.3) is 0 Å². The summed E-state index contributed by atoms with van der Waals surface area (Å²) in [5, 5.41) is 5.30. The van der Waals surface area contributed by atoms with Crippen molar-refractivity contribution in [1.82, 2.24) is 10.6 Å². The first kappa shape index (κ1) is 7.05. The Morgan fingerprint density at radius 3 is 1.70 bits per heavy atom. The Labute approximate surface area is 59.0 Å². The number of rotatable bonds is 0. The Morgan fingerprint density at radius 2 is 1.30 bits per heavy atom. The van der Waals surface area contributed by atoms with Gasteiger partial charge in [0, 0.05) is 25.9 Å². The lowest BCUT2D eigenvalue weighted by atomic mass is 10.2. The molecule has 4 nitrogen and oxygen atoms in total. The fourth-order valence-electron chi connectivity index (χ4n) is 0.808. The van der Waals surface area contributed by atoms with E-state index in [1.807, 2.05) is 0 Å². The Kier molecular flexibility index (Phi) is 2.25. The Hall–Kier alpha value is -1.06. The molecule has 2 amide bonds. The van der Waals surface area contributed by atoms with E-state index in [1.165, 1.54) is 0 Å². The minimum absolute atomic E-state index is 0.0325. The van der Waals surface area contributed by atoms with E-state index in [9.17, 15) is 9.59 Å². The molecule has 4 heteroatoms. The van der Waals surface area contributed by atoms with Crippen LogP contribution in [0.15, 0.2) is 0 Å². The van der Waals surface area contributed by atoms with Crippen LogP contribution in [0, 0.1) is 0 Å². The summed E-state index contributed by atoms with van der Waals surface area (Å²) in [4.78, 5) is 21.4. The third kappa shape index (κ3) is 2.05. The predicted molar refractivity (Wildman–Crippen MR) is 35.3 cm³/mol. The summed E-state index contributed by atoms with van der Waals surface area (Å²) in [7, 11) is 0. The van der Waals surface area contributed by atoms with Crippen molar-refractivity contribution in [3.05, 3.63) is 0 Å². The summed E-state index contributed by atoms with van der Waals surface area (Å²) in [5.74, 6) is -0.0651. The third-order valence-electron chi connectivity index (χ3n) is 1.35. The number of hydrogen-bond acceptors (Lipinski definition) is 2. The average Bonchev–Trinajstić information content (AvgIpc) is 1.90. The third-order valence-corrected chi connectivity index (χ3v) is 1.35. The van der Waals surface area contributed by atoms with Crippen molar-refractivity contribution < 1.29 is 9.59 Å². The molecule has 1 aliphatic heterocycles. The number of amides is 2. The Bertz CT molecular complexity index is 138. The Morgan fingerprint density at radius 1 is 0.900 bits per heavy atom. The van der Waals surface area contributed by atoms with E-state index in [4.69, 9.17) is 0 Å². The molecule has 1 fully saturated rings. The van der Waals surface area contributed by atoms with Gasteiger partial charge in [0.15, 0.2) is 0 Å². The van der Waals surface area contributed by atoms with Crippen molar-refractivity contribution in [3.8, 4) is 0 Å². The second-order valence-corrected chi connectivity index (χ2v) is 2.20. The topological polar surface area (TPSA) is 58.2 Å². The van der Waals surface area contributed by atoms with Gasteiger partial charge >= 0.3 is 0 Å². The smallest absolute Gasteiger partial charge is 0.220 e. The SMILES string of the molecule is O=C1CCC(=O)NCCN1. The fraction of sp³-hybridized carbons (Fsp3) is 0.667. The van der Waals surface area contributed by atoms with Gasteiger partial charge in [-0.25, -0.2) is 0 Å². The molecule has 0 aromatic heterocycles. The molecule has 1 heterocycles. The summed E-state index contributed by atoms with van der Waals surface area (Å²) in [6.07, 6.45) is 0.623. The van der Waals surface area contributed by atoms with Crippen molar-refractivity contribution in [2.75, 3.05) is 13.1 Å². The van der Waals surface area contributed by atoms with Gasteiger partial charge in [0.1, 0.15) is 0 Å². The van der Waals surface area contributed by atoms with Gasteiger partial charge in [0.2, 0.25) is 11.8 Å². The molecule has 0 unspecified atom stereocenters. The van der Waals surface area contributed by atoms with Gasteiger partial charge in [-0.05, 0) is 0 Å². The largest absolute Gasteiger partial charge is 0.354 e. The number of carbonyl (C=O) groups is 2. The lowest BCUT2D eigenvalue weighted by Crippen LogP contribution is -2.38. The lowest BCUT2D eigenvalue weighted by Gasteiger charge is -2.10. The summed E-state index contributed by atoms with van der Waals surface area (Å²) in [6.45, 7) is 1.09. The molecule has 0 aliphatic carbocycles. The van der Waals surface area contributed by atoms with Crippen molar-refractivity contribution in [1.29, 1.82) is 0 Å². The molecule has 0 aromatic rings. The van der Waals surface area contributed by atoms with Crippen LogP contribution in [0.1, 0.15) is 12.8 Å². The zero-order chi connectivity index (χ0) is 7.40. The van der Waals surface area contributed by atoms with E-state index in [-0.39, 0.29) is 11.8 Å². The summed E-state index contributed by atoms with van der Waals surface area (Å²) >= 11 is 0. The quantitative estimate of drug-likeness (QED) is 0.456. The molecule has 1 rings (SSSR count). The van der Waals surface area contributed by atoms with Crippen molar-refractivity contribution in [2.24, 2.45) is 0 Å². The normalized spacial score (nSPS) is 20.4. The second-order valence-electron chi connectivity index (χ2n) is 2.20. The van der Waals surface area contributed by atoms with Gasteiger partial charge in [-0.2, -0.15) is 0 Å². The highest BCUT2D eigenvalue weighted by atomic mass is 16.2. The fourth-order valence-corrected chi connectivity index (χ4v) is 0.808. The lowest BCUT2D eigenvalue weighted by molar-refractivity contribution is -0.127. The molecule has 0 bridgehead atoms. The standard InChI is InChI=1S/C6H10N2O2/c9-5-1-2-6(10)8-4-3-7-5/h1-4H2,(H,7,9)(H,8,10). The predicted octanol–water partition coefficient (Wildman–Crippen LogP) is -0.987. The number of nitrogens with one attached hydrogen (secondary N) is 2.